The second kappa shape index (κ2) is 5.45. The van der Waals surface area contributed by atoms with Crippen LogP contribution in [0.3, 0.4) is 0 Å². The predicted octanol–water partition coefficient (Wildman–Crippen LogP) is 4.27. The van der Waals surface area contributed by atoms with Gasteiger partial charge in [-0.3, -0.25) is 4.79 Å². The quantitative estimate of drug-likeness (QED) is 0.607. The Hall–Kier alpha value is -2.17. The van der Waals surface area contributed by atoms with Crippen LogP contribution in [-0.4, -0.2) is 5.78 Å². The monoisotopic (exact) mass is 282 g/mol. The van der Waals surface area contributed by atoms with Crippen LogP contribution in [0.2, 0.25) is 0 Å². The number of hydrogen-bond acceptors (Lipinski definition) is 1. The van der Waals surface area contributed by atoms with E-state index in [0.717, 1.165) is 12.1 Å². The summed E-state index contributed by atoms with van der Waals surface area (Å²) in [4.78, 5) is 11.9. The van der Waals surface area contributed by atoms with Crippen molar-refractivity contribution < 1.29 is 22.4 Å². The zero-order valence-corrected chi connectivity index (χ0v) is 10.2. The Labute approximate surface area is 112 Å². The average molecular weight is 282 g/mol. The summed E-state index contributed by atoms with van der Waals surface area (Å²) < 4.78 is 49.9. The summed E-state index contributed by atoms with van der Waals surface area (Å²) in [6.07, 6.45) is -4.41. The lowest BCUT2D eigenvalue weighted by molar-refractivity contribution is -0.137. The predicted molar refractivity (Wildman–Crippen MR) is 65.9 cm³/mol. The van der Waals surface area contributed by atoms with E-state index < -0.39 is 17.6 Å². The summed E-state index contributed by atoms with van der Waals surface area (Å²) >= 11 is 0. The smallest absolute Gasteiger partial charge is 0.294 e. The second-order valence-electron chi connectivity index (χ2n) is 4.30. The summed E-state index contributed by atoms with van der Waals surface area (Å²) in [5.41, 5.74) is 0.0501. The molecular formula is C15H10F4O. The molecule has 5 heteroatoms. The molecule has 2 aromatic rings. The molecule has 0 amide bonds. The van der Waals surface area contributed by atoms with E-state index in [1.807, 2.05) is 0 Å². The Balaban J connectivity index is 2.10. The van der Waals surface area contributed by atoms with Gasteiger partial charge in [-0.15, -0.1) is 0 Å². The minimum absolute atomic E-state index is 0.0240. The summed E-state index contributed by atoms with van der Waals surface area (Å²) in [6, 6.07) is 9.44. The fourth-order valence-electron chi connectivity index (χ4n) is 1.73. The molecule has 20 heavy (non-hydrogen) atoms. The molecule has 2 rings (SSSR count). The third-order valence-corrected chi connectivity index (χ3v) is 2.81. The van der Waals surface area contributed by atoms with Crippen LogP contribution < -0.4 is 0 Å². The minimum atomic E-state index is -4.39. The van der Waals surface area contributed by atoms with Crippen LogP contribution in [-0.2, 0) is 12.6 Å². The highest BCUT2D eigenvalue weighted by molar-refractivity contribution is 5.97. The molecule has 0 radical (unpaired) electrons. The number of Topliss-reactive ketones (excluding diaryl/α,β-unsaturated/α-hetero) is 1. The lowest BCUT2D eigenvalue weighted by atomic mass is 10.0. The Morgan fingerprint density at radius 1 is 0.900 bits per heavy atom. The van der Waals surface area contributed by atoms with Gasteiger partial charge in [0.2, 0.25) is 0 Å². The van der Waals surface area contributed by atoms with Crippen molar-refractivity contribution in [1.29, 1.82) is 0 Å². The molecular weight excluding hydrogens is 272 g/mol. The Morgan fingerprint density at radius 2 is 1.45 bits per heavy atom. The molecule has 0 aliphatic rings. The van der Waals surface area contributed by atoms with Crippen molar-refractivity contribution in [3.05, 3.63) is 71.0 Å². The van der Waals surface area contributed by atoms with Gasteiger partial charge in [-0.1, -0.05) is 12.1 Å². The first-order valence-corrected chi connectivity index (χ1v) is 5.81. The van der Waals surface area contributed by atoms with Crippen LogP contribution in [0.4, 0.5) is 17.6 Å². The van der Waals surface area contributed by atoms with Gasteiger partial charge in [0.05, 0.1) is 5.56 Å². The largest absolute Gasteiger partial charge is 0.416 e. The van der Waals surface area contributed by atoms with Crippen molar-refractivity contribution in [3.8, 4) is 0 Å². The summed E-state index contributed by atoms with van der Waals surface area (Å²) in [5.74, 6) is -0.721. The molecule has 104 valence electrons. The summed E-state index contributed by atoms with van der Waals surface area (Å²) in [5, 5.41) is 0. The zero-order chi connectivity index (χ0) is 14.8. The molecule has 0 aliphatic heterocycles. The highest BCUT2D eigenvalue weighted by atomic mass is 19.4. The van der Waals surface area contributed by atoms with Crippen LogP contribution in [0.15, 0.2) is 48.5 Å². The lowest BCUT2D eigenvalue weighted by Crippen LogP contribution is -2.06. The molecule has 0 unspecified atom stereocenters. The number of carbonyl (C=O) groups is 1. The summed E-state index contributed by atoms with van der Waals surface area (Å²) in [7, 11) is 0. The first-order valence-electron chi connectivity index (χ1n) is 5.81. The lowest BCUT2D eigenvalue weighted by Gasteiger charge is -2.07. The van der Waals surface area contributed by atoms with Gasteiger partial charge in [0, 0.05) is 12.0 Å². The second-order valence-corrected chi connectivity index (χ2v) is 4.30. The number of alkyl halides is 3. The van der Waals surface area contributed by atoms with Crippen molar-refractivity contribution in [1.82, 2.24) is 0 Å². The maximum absolute atomic E-state index is 12.7. The van der Waals surface area contributed by atoms with E-state index in [2.05, 4.69) is 0 Å². The molecule has 2 aromatic carbocycles. The van der Waals surface area contributed by atoms with E-state index in [4.69, 9.17) is 0 Å². The van der Waals surface area contributed by atoms with Crippen molar-refractivity contribution in [3.63, 3.8) is 0 Å². The SMILES string of the molecule is O=C(Cc1ccc(C(F)(F)F)cc1)c1ccc(F)cc1. The van der Waals surface area contributed by atoms with Crippen LogP contribution in [0.25, 0.3) is 0 Å². The van der Waals surface area contributed by atoms with Crippen LogP contribution in [0.5, 0.6) is 0 Å². The molecule has 0 aromatic heterocycles. The van der Waals surface area contributed by atoms with Crippen LogP contribution in [0, 0.1) is 5.82 Å². The number of hydrogen-bond donors (Lipinski definition) is 0. The highest BCUT2D eigenvalue weighted by Gasteiger charge is 2.29. The van der Waals surface area contributed by atoms with E-state index in [-0.39, 0.29) is 12.2 Å². The van der Waals surface area contributed by atoms with Crippen LogP contribution >= 0.6 is 0 Å². The number of ketones is 1. The number of benzene rings is 2. The van der Waals surface area contributed by atoms with Gasteiger partial charge >= 0.3 is 6.18 Å². The van der Waals surface area contributed by atoms with E-state index >= 15 is 0 Å². The average Bonchev–Trinajstić information content (AvgIpc) is 2.39. The van der Waals surface area contributed by atoms with E-state index in [9.17, 15) is 22.4 Å². The van der Waals surface area contributed by atoms with Crippen LogP contribution in [0.1, 0.15) is 21.5 Å². The van der Waals surface area contributed by atoms with Gasteiger partial charge in [-0.05, 0) is 42.0 Å². The van der Waals surface area contributed by atoms with Crippen molar-refractivity contribution in [2.75, 3.05) is 0 Å². The first kappa shape index (κ1) is 14.2. The molecule has 0 fully saturated rings. The molecule has 0 bridgehead atoms. The fraction of sp³-hybridized carbons (Fsp3) is 0.133. The standard InChI is InChI=1S/C15H10F4O/c16-13-7-3-11(4-8-13)14(20)9-10-1-5-12(6-2-10)15(17,18)19/h1-8H,9H2. The van der Waals surface area contributed by atoms with Gasteiger partial charge < -0.3 is 0 Å². The molecule has 0 aliphatic carbocycles. The van der Waals surface area contributed by atoms with E-state index in [1.165, 1.54) is 36.4 Å². The maximum Gasteiger partial charge on any atom is 0.416 e. The molecule has 1 nitrogen and oxygen atoms in total. The Morgan fingerprint density at radius 3 is 1.95 bits per heavy atom. The summed E-state index contributed by atoms with van der Waals surface area (Å²) in [6.45, 7) is 0. The van der Waals surface area contributed by atoms with Crippen molar-refractivity contribution >= 4 is 5.78 Å². The molecule has 0 N–H and O–H groups in total. The van der Waals surface area contributed by atoms with Gasteiger partial charge in [-0.2, -0.15) is 13.2 Å². The van der Waals surface area contributed by atoms with Gasteiger partial charge in [-0.25, -0.2) is 4.39 Å². The molecule has 0 saturated heterocycles. The normalized spacial score (nSPS) is 11.4. The number of halogens is 4. The maximum atomic E-state index is 12.7. The highest BCUT2D eigenvalue weighted by Crippen LogP contribution is 2.29. The minimum Gasteiger partial charge on any atom is -0.294 e. The Kier molecular flexibility index (Phi) is 3.88. The van der Waals surface area contributed by atoms with E-state index in [0.29, 0.717) is 11.1 Å². The number of rotatable bonds is 3. The van der Waals surface area contributed by atoms with Gasteiger partial charge in [0.25, 0.3) is 0 Å². The number of carbonyl (C=O) groups excluding carboxylic acids is 1. The molecule has 0 atom stereocenters. The van der Waals surface area contributed by atoms with Crippen molar-refractivity contribution in [2.45, 2.75) is 12.6 Å². The third-order valence-electron chi connectivity index (χ3n) is 2.81. The molecule has 0 spiro atoms. The third kappa shape index (κ3) is 3.44. The molecule has 0 saturated carbocycles. The van der Waals surface area contributed by atoms with Gasteiger partial charge in [0.15, 0.2) is 5.78 Å². The molecule has 0 heterocycles. The fourth-order valence-corrected chi connectivity index (χ4v) is 1.73. The topological polar surface area (TPSA) is 17.1 Å². The van der Waals surface area contributed by atoms with Gasteiger partial charge in [0.1, 0.15) is 5.82 Å². The zero-order valence-electron chi connectivity index (χ0n) is 10.2. The first-order chi connectivity index (χ1) is 9.36. The van der Waals surface area contributed by atoms with E-state index in [1.54, 1.807) is 0 Å². The Bertz CT molecular complexity index is 597. The van der Waals surface area contributed by atoms with Crippen molar-refractivity contribution in [2.24, 2.45) is 0 Å².